The first-order valence-corrected chi connectivity index (χ1v) is 20.7. The van der Waals surface area contributed by atoms with Crippen LogP contribution in [0.5, 0.6) is 5.75 Å². The van der Waals surface area contributed by atoms with Crippen molar-refractivity contribution in [3.63, 3.8) is 0 Å². The molecule has 1 fully saturated rings. The van der Waals surface area contributed by atoms with Crippen molar-refractivity contribution in [2.75, 3.05) is 30.0 Å². The Morgan fingerprint density at radius 3 is 1.75 bits per heavy atom. The van der Waals surface area contributed by atoms with E-state index < -0.39 is 5.41 Å². The maximum atomic E-state index is 14.7. The van der Waals surface area contributed by atoms with Gasteiger partial charge < -0.3 is 19.7 Å². The SMILES string of the molecule is CCC1(COc2ccc(C3(c4ccc(F)cc4)c4ccccc4-c4ccc(N(c5ccccc5)c5ccc(-c6ccc(Nc7ccccc7)cc6)cc5)cc43)cc2)COC1. The molecule has 60 heavy (non-hydrogen) atoms. The van der Waals surface area contributed by atoms with Gasteiger partial charge in [0.15, 0.2) is 0 Å². The minimum atomic E-state index is -0.728. The summed E-state index contributed by atoms with van der Waals surface area (Å²) in [5.41, 5.74) is 13.5. The van der Waals surface area contributed by atoms with Crippen LogP contribution >= 0.6 is 0 Å². The molecule has 294 valence electrons. The predicted octanol–water partition coefficient (Wildman–Crippen LogP) is 13.9. The molecule has 2 aliphatic rings. The van der Waals surface area contributed by atoms with E-state index in [-0.39, 0.29) is 11.2 Å². The normalized spacial score (nSPS) is 16.0. The second kappa shape index (κ2) is 15.7. The molecule has 1 heterocycles. The molecule has 1 N–H and O–H groups in total. The minimum absolute atomic E-state index is 0.0741. The van der Waals surface area contributed by atoms with Crippen LogP contribution in [0.4, 0.5) is 32.8 Å². The number of nitrogens with one attached hydrogen (secondary N) is 1. The maximum absolute atomic E-state index is 14.7. The van der Waals surface area contributed by atoms with E-state index in [0.29, 0.717) is 6.61 Å². The van der Waals surface area contributed by atoms with Crippen molar-refractivity contribution in [3.05, 3.63) is 228 Å². The monoisotopic (exact) mass is 784 g/mol. The number of anilines is 5. The van der Waals surface area contributed by atoms with Crippen molar-refractivity contribution in [1.82, 2.24) is 0 Å². The summed E-state index contributed by atoms with van der Waals surface area (Å²) in [6.45, 7) is 4.28. The molecule has 0 radical (unpaired) electrons. The van der Waals surface area contributed by atoms with Crippen molar-refractivity contribution in [2.24, 2.45) is 5.41 Å². The number of halogens is 1. The number of fused-ring (bicyclic) bond motifs is 3. The number of hydrogen-bond acceptors (Lipinski definition) is 4. The van der Waals surface area contributed by atoms with Crippen molar-refractivity contribution in [2.45, 2.75) is 18.8 Å². The van der Waals surface area contributed by atoms with Gasteiger partial charge in [0.25, 0.3) is 0 Å². The van der Waals surface area contributed by atoms with Crippen LogP contribution in [0.25, 0.3) is 22.3 Å². The summed E-state index contributed by atoms with van der Waals surface area (Å²) >= 11 is 0. The lowest BCUT2D eigenvalue weighted by Crippen LogP contribution is -2.46. The van der Waals surface area contributed by atoms with Crippen LogP contribution in [0, 0.1) is 11.2 Å². The van der Waals surface area contributed by atoms with Gasteiger partial charge in [-0.15, -0.1) is 0 Å². The van der Waals surface area contributed by atoms with Gasteiger partial charge in [0.05, 0.1) is 30.7 Å². The Kier molecular flexibility index (Phi) is 9.75. The van der Waals surface area contributed by atoms with E-state index in [9.17, 15) is 4.39 Å². The van der Waals surface area contributed by atoms with Crippen molar-refractivity contribution in [1.29, 1.82) is 0 Å². The number of benzene rings is 8. The first-order chi connectivity index (χ1) is 29.5. The molecule has 1 saturated heterocycles. The second-order valence-corrected chi connectivity index (χ2v) is 16.0. The molecular formula is C55H45FN2O2. The van der Waals surface area contributed by atoms with Gasteiger partial charge in [-0.2, -0.15) is 0 Å². The van der Waals surface area contributed by atoms with Crippen molar-refractivity contribution < 1.29 is 13.9 Å². The van der Waals surface area contributed by atoms with Gasteiger partial charge in [-0.05, 0) is 136 Å². The summed E-state index contributed by atoms with van der Waals surface area (Å²) in [4.78, 5) is 2.32. The molecule has 1 aliphatic carbocycles. The zero-order chi connectivity index (χ0) is 40.5. The fraction of sp³-hybridized carbons (Fsp3) is 0.127. The van der Waals surface area contributed by atoms with E-state index in [1.165, 1.54) is 5.56 Å². The third-order valence-corrected chi connectivity index (χ3v) is 12.4. The molecule has 4 nitrogen and oxygen atoms in total. The molecule has 10 rings (SSSR count). The van der Waals surface area contributed by atoms with Crippen LogP contribution < -0.4 is 15.0 Å². The van der Waals surface area contributed by atoms with Crippen LogP contribution in [0.15, 0.2) is 200 Å². The van der Waals surface area contributed by atoms with Crippen LogP contribution in [0.1, 0.15) is 35.6 Å². The van der Waals surface area contributed by atoms with Crippen LogP contribution in [-0.2, 0) is 10.2 Å². The number of nitrogens with zero attached hydrogens (tertiary/aromatic N) is 1. The third kappa shape index (κ3) is 6.71. The fourth-order valence-corrected chi connectivity index (χ4v) is 8.97. The Hall–Kier alpha value is -6.95. The zero-order valence-electron chi connectivity index (χ0n) is 33.5. The van der Waals surface area contributed by atoms with Gasteiger partial charge in [-0.3, -0.25) is 0 Å². The molecule has 0 saturated carbocycles. The molecule has 5 heteroatoms. The van der Waals surface area contributed by atoms with Gasteiger partial charge in [0.1, 0.15) is 11.6 Å². The smallest absolute Gasteiger partial charge is 0.123 e. The summed E-state index contributed by atoms with van der Waals surface area (Å²) in [5, 5.41) is 3.48. The molecule has 0 bridgehead atoms. The van der Waals surface area contributed by atoms with E-state index in [1.54, 1.807) is 12.1 Å². The number of rotatable bonds is 12. The summed E-state index contributed by atoms with van der Waals surface area (Å²) in [5.74, 6) is 0.563. The molecular weight excluding hydrogens is 740 g/mol. The van der Waals surface area contributed by atoms with E-state index in [4.69, 9.17) is 9.47 Å². The van der Waals surface area contributed by atoms with Crippen LogP contribution in [0.2, 0.25) is 0 Å². The number of hydrogen-bond donors (Lipinski definition) is 1. The van der Waals surface area contributed by atoms with Crippen molar-refractivity contribution in [3.8, 4) is 28.0 Å². The lowest BCUT2D eigenvalue weighted by molar-refractivity contribution is -0.133. The van der Waals surface area contributed by atoms with Gasteiger partial charge in [0, 0.05) is 28.4 Å². The Bertz CT molecular complexity index is 2730. The van der Waals surface area contributed by atoms with Gasteiger partial charge in [0.2, 0.25) is 0 Å². The van der Waals surface area contributed by atoms with Crippen LogP contribution in [-0.4, -0.2) is 19.8 Å². The fourth-order valence-electron chi connectivity index (χ4n) is 8.97. The zero-order valence-corrected chi connectivity index (χ0v) is 33.5. The van der Waals surface area contributed by atoms with E-state index >= 15 is 0 Å². The standard InChI is InChI=1S/C55H45FN2O2/c1-2-54(36-59-37-54)38-60-49-32-23-42(24-33-49)55(41-21-25-43(56)26-22-41)52-16-10-9-15-50(52)51-34-31-48(35-53(51)55)58(46-13-7-4-8-14-46)47-29-19-40(20-30-47)39-17-27-45(28-18-39)57-44-11-5-3-6-12-44/h3-35,57H,2,36-38H2,1H3. The highest BCUT2D eigenvalue weighted by Gasteiger charge is 2.46. The number of ether oxygens (including phenoxy) is 2. The molecule has 8 aromatic carbocycles. The van der Waals surface area contributed by atoms with Crippen LogP contribution in [0.3, 0.4) is 0 Å². The first kappa shape index (κ1) is 37.3. The maximum Gasteiger partial charge on any atom is 0.123 e. The van der Waals surface area contributed by atoms with Crippen molar-refractivity contribution >= 4 is 28.4 Å². The van der Waals surface area contributed by atoms with E-state index in [0.717, 1.165) is 92.8 Å². The van der Waals surface area contributed by atoms with E-state index in [1.807, 2.05) is 30.3 Å². The third-order valence-electron chi connectivity index (χ3n) is 12.4. The molecule has 8 aromatic rings. The Balaban J connectivity index is 1.06. The lowest BCUT2D eigenvalue weighted by Gasteiger charge is -2.40. The predicted molar refractivity (Wildman–Crippen MR) is 243 cm³/mol. The Labute approximate surface area is 351 Å². The van der Waals surface area contributed by atoms with Gasteiger partial charge in [-0.1, -0.05) is 122 Å². The molecule has 1 aliphatic heterocycles. The average molecular weight is 785 g/mol. The number of para-hydroxylation sites is 2. The highest BCUT2D eigenvalue weighted by Crippen LogP contribution is 2.57. The summed E-state index contributed by atoms with van der Waals surface area (Å²) in [6, 6.07) is 69.1. The Morgan fingerprint density at radius 1 is 0.550 bits per heavy atom. The molecule has 1 unspecified atom stereocenters. The molecule has 0 amide bonds. The molecule has 0 aromatic heterocycles. The minimum Gasteiger partial charge on any atom is -0.493 e. The topological polar surface area (TPSA) is 33.7 Å². The highest BCUT2D eigenvalue weighted by molar-refractivity contribution is 5.89. The van der Waals surface area contributed by atoms with E-state index in [2.05, 4.69) is 175 Å². The van der Waals surface area contributed by atoms with Gasteiger partial charge >= 0.3 is 0 Å². The highest BCUT2D eigenvalue weighted by atomic mass is 19.1. The lowest BCUT2D eigenvalue weighted by atomic mass is 9.67. The Morgan fingerprint density at radius 2 is 1.10 bits per heavy atom. The quantitative estimate of drug-likeness (QED) is 0.134. The van der Waals surface area contributed by atoms with Gasteiger partial charge in [-0.25, -0.2) is 4.39 Å². The summed E-state index contributed by atoms with van der Waals surface area (Å²) in [7, 11) is 0. The average Bonchev–Trinajstić information content (AvgIpc) is 3.58. The second-order valence-electron chi connectivity index (χ2n) is 16.0. The molecule has 0 spiro atoms. The largest absolute Gasteiger partial charge is 0.493 e. The molecule has 1 atom stereocenters. The summed E-state index contributed by atoms with van der Waals surface area (Å²) in [6.07, 6.45) is 1.01. The first-order valence-electron chi connectivity index (χ1n) is 20.7. The summed E-state index contributed by atoms with van der Waals surface area (Å²) < 4.78 is 26.7.